The fourth-order valence-electron chi connectivity index (χ4n) is 1.64. The van der Waals surface area contributed by atoms with Crippen molar-refractivity contribution < 1.29 is 0 Å². The maximum atomic E-state index is 3.49. The van der Waals surface area contributed by atoms with Crippen LogP contribution in [-0.4, -0.2) is 6.04 Å². The van der Waals surface area contributed by atoms with Gasteiger partial charge in [-0.2, -0.15) is 0 Å². The van der Waals surface area contributed by atoms with Crippen LogP contribution in [-0.2, 0) is 13.0 Å². The van der Waals surface area contributed by atoms with Crippen molar-refractivity contribution in [2.24, 2.45) is 0 Å². The molecule has 1 aliphatic rings. The molecule has 1 heterocycles. The molecule has 0 saturated heterocycles. The summed E-state index contributed by atoms with van der Waals surface area (Å²) >= 11 is 3.49. The van der Waals surface area contributed by atoms with E-state index in [9.17, 15) is 0 Å². The zero-order valence-corrected chi connectivity index (χ0v) is 9.91. The minimum atomic E-state index is 0. The number of benzene rings is 1. The van der Waals surface area contributed by atoms with Crippen LogP contribution in [0.15, 0.2) is 22.7 Å². The second-order valence-corrected chi connectivity index (χ2v) is 4.31. The lowest BCUT2D eigenvalue weighted by Gasteiger charge is -2.23. The van der Waals surface area contributed by atoms with Gasteiger partial charge in [0.25, 0.3) is 0 Å². The third kappa shape index (κ3) is 2.46. The summed E-state index contributed by atoms with van der Waals surface area (Å²) in [5.74, 6) is 0. The molecule has 1 aromatic rings. The Morgan fingerprint density at radius 1 is 1.38 bits per heavy atom. The van der Waals surface area contributed by atoms with Gasteiger partial charge < -0.3 is 5.32 Å². The zero-order valence-electron chi connectivity index (χ0n) is 7.51. The van der Waals surface area contributed by atoms with E-state index in [0.717, 1.165) is 13.0 Å². The summed E-state index contributed by atoms with van der Waals surface area (Å²) in [7, 11) is 0. The molecule has 0 fully saturated rings. The highest BCUT2D eigenvalue weighted by molar-refractivity contribution is 9.10. The van der Waals surface area contributed by atoms with E-state index < -0.39 is 0 Å². The number of rotatable bonds is 0. The van der Waals surface area contributed by atoms with Crippen LogP contribution >= 0.6 is 28.3 Å². The van der Waals surface area contributed by atoms with Gasteiger partial charge in [0.2, 0.25) is 0 Å². The van der Waals surface area contributed by atoms with Gasteiger partial charge in [0, 0.05) is 17.1 Å². The van der Waals surface area contributed by atoms with Crippen molar-refractivity contribution in [3.8, 4) is 0 Å². The lowest BCUT2D eigenvalue weighted by Crippen LogP contribution is -2.32. The van der Waals surface area contributed by atoms with Gasteiger partial charge >= 0.3 is 0 Å². The predicted octanol–water partition coefficient (Wildman–Crippen LogP) is 2.91. The molecule has 2 rings (SSSR count). The fourth-order valence-corrected chi connectivity index (χ4v) is 2.05. The third-order valence-electron chi connectivity index (χ3n) is 2.34. The van der Waals surface area contributed by atoms with Crippen LogP contribution in [0.4, 0.5) is 0 Å². The van der Waals surface area contributed by atoms with E-state index in [1.165, 1.54) is 15.6 Å². The molecule has 3 heteroatoms. The Balaban J connectivity index is 0.000000845. The molecule has 72 valence electrons. The highest BCUT2D eigenvalue weighted by Crippen LogP contribution is 2.20. The summed E-state index contributed by atoms with van der Waals surface area (Å²) in [6.45, 7) is 3.24. The van der Waals surface area contributed by atoms with Crippen molar-refractivity contribution in [3.63, 3.8) is 0 Å². The molecule has 0 bridgehead atoms. The molecule has 13 heavy (non-hydrogen) atoms. The Bertz CT molecular complexity index is 301. The Morgan fingerprint density at radius 3 is 2.92 bits per heavy atom. The molecule has 0 radical (unpaired) electrons. The molecule has 1 aliphatic heterocycles. The Labute approximate surface area is 93.5 Å². The van der Waals surface area contributed by atoms with Crippen LogP contribution in [0, 0.1) is 0 Å². The van der Waals surface area contributed by atoms with Crippen molar-refractivity contribution in [1.82, 2.24) is 5.32 Å². The van der Waals surface area contributed by atoms with Gasteiger partial charge in [-0.1, -0.05) is 22.0 Å². The number of hydrogen-bond acceptors (Lipinski definition) is 1. The molecule has 0 amide bonds. The van der Waals surface area contributed by atoms with Gasteiger partial charge in [0.1, 0.15) is 0 Å². The van der Waals surface area contributed by atoms with Crippen LogP contribution in [0.2, 0.25) is 0 Å². The first kappa shape index (κ1) is 11.0. The molecule has 0 spiro atoms. The first-order chi connectivity index (χ1) is 5.75. The molecule has 1 N–H and O–H groups in total. The maximum Gasteiger partial charge on any atom is 0.0210 e. The smallest absolute Gasteiger partial charge is 0.0210 e. The average molecular weight is 263 g/mol. The number of fused-ring (bicyclic) bond motifs is 1. The molecule has 0 aliphatic carbocycles. The molecule has 1 nitrogen and oxygen atoms in total. The summed E-state index contributed by atoms with van der Waals surface area (Å²) < 4.78 is 1.19. The highest BCUT2D eigenvalue weighted by atomic mass is 79.9. The molecule has 1 aromatic carbocycles. The largest absolute Gasteiger partial charge is 0.310 e. The van der Waals surface area contributed by atoms with Crippen LogP contribution in [0.5, 0.6) is 0 Å². The lowest BCUT2D eigenvalue weighted by atomic mass is 9.97. The monoisotopic (exact) mass is 261 g/mol. The van der Waals surface area contributed by atoms with Crippen LogP contribution in [0.1, 0.15) is 18.1 Å². The molecule has 0 aromatic heterocycles. The summed E-state index contributed by atoms with van der Waals surface area (Å²) in [5, 5.41) is 3.44. The third-order valence-corrected chi connectivity index (χ3v) is 2.83. The van der Waals surface area contributed by atoms with E-state index in [-0.39, 0.29) is 12.4 Å². The van der Waals surface area contributed by atoms with Gasteiger partial charge in [0.05, 0.1) is 0 Å². The highest BCUT2D eigenvalue weighted by Gasteiger charge is 2.13. The van der Waals surface area contributed by atoms with E-state index >= 15 is 0 Å². The molecule has 1 unspecified atom stereocenters. The topological polar surface area (TPSA) is 12.0 Å². The summed E-state index contributed by atoms with van der Waals surface area (Å²) in [5.41, 5.74) is 2.92. The molecular formula is C10H13BrClN. The van der Waals surface area contributed by atoms with E-state index in [0.29, 0.717) is 6.04 Å². The Morgan fingerprint density at radius 2 is 2.15 bits per heavy atom. The summed E-state index contributed by atoms with van der Waals surface area (Å²) in [6.07, 6.45) is 1.15. The quantitative estimate of drug-likeness (QED) is 0.758. The van der Waals surface area contributed by atoms with Crippen molar-refractivity contribution >= 4 is 28.3 Å². The van der Waals surface area contributed by atoms with Gasteiger partial charge in [-0.3, -0.25) is 0 Å². The van der Waals surface area contributed by atoms with Crippen molar-refractivity contribution in [2.45, 2.75) is 25.9 Å². The van der Waals surface area contributed by atoms with E-state index in [2.05, 4.69) is 46.4 Å². The molecule has 1 atom stereocenters. The number of nitrogens with one attached hydrogen (secondary N) is 1. The Hall–Kier alpha value is -0.0500. The fraction of sp³-hybridized carbons (Fsp3) is 0.400. The van der Waals surface area contributed by atoms with Crippen LogP contribution in [0.25, 0.3) is 0 Å². The lowest BCUT2D eigenvalue weighted by molar-refractivity contribution is 0.513. The first-order valence-electron chi connectivity index (χ1n) is 4.26. The van der Waals surface area contributed by atoms with Crippen molar-refractivity contribution in [1.29, 1.82) is 0 Å². The van der Waals surface area contributed by atoms with Crippen molar-refractivity contribution in [2.75, 3.05) is 0 Å². The second kappa shape index (κ2) is 4.45. The SMILES string of the molecule is CC1Cc2cc(Br)ccc2CN1.Cl. The molecular weight excluding hydrogens is 249 g/mol. The Kier molecular flexibility index (Phi) is 3.77. The van der Waals surface area contributed by atoms with Gasteiger partial charge in [-0.25, -0.2) is 0 Å². The van der Waals surface area contributed by atoms with Crippen LogP contribution in [0.3, 0.4) is 0 Å². The average Bonchev–Trinajstić information content (AvgIpc) is 2.03. The summed E-state index contributed by atoms with van der Waals surface area (Å²) in [4.78, 5) is 0. The predicted molar refractivity (Wildman–Crippen MR) is 61.4 cm³/mol. The standard InChI is InChI=1S/C10H12BrN.ClH/c1-7-4-9-5-10(11)3-2-8(9)6-12-7;/h2-3,5,7,12H,4,6H2,1H3;1H. The zero-order chi connectivity index (χ0) is 8.55. The van der Waals surface area contributed by atoms with Gasteiger partial charge in [-0.15, -0.1) is 12.4 Å². The number of hydrogen-bond donors (Lipinski definition) is 1. The van der Waals surface area contributed by atoms with E-state index in [1.807, 2.05) is 0 Å². The molecule has 0 saturated carbocycles. The van der Waals surface area contributed by atoms with Crippen molar-refractivity contribution in [3.05, 3.63) is 33.8 Å². The van der Waals surface area contributed by atoms with E-state index in [1.54, 1.807) is 0 Å². The van der Waals surface area contributed by atoms with Crippen LogP contribution < -0.4 is 5.32 Å². The number of halogens is 2. The maximum absolute atomic E-state index is 3.49. The second-order valence-electron chi connectivity index (χ2n) is 3.40. The van der Waals surface area contributed by atoms with Gasteiger partial charge in [0.15, 0.2) is 0 Å². The minimum absolute atomic E-state index is 0. The minimum Gasteiger partial charge on any atom is -0.310 e. The first-order valence-corrected chi connectivity index (χ1v) is 5.05. The normalized spacial score (nSPS) is 20.3. The van der Waals surface area contributed by atoms with E-state index in [4.69, 9.17) is 0 Å². The summed E-state index contributed by atoms with van der Waals surface area (Å²) in [6, 6.07) is 7.15. The van der Waals surface area contributed by atoms with Gasteiger partial charge in [-0.05, 0) is 36.6 Å².